The van der Waals surface area contributed by atoms with E-state index in [9.17, 15) is 9.59 Å². The maximum absolute atomic E-state index is 12.3. The van der Waals surface area contributed by atoms with Crippen LogP contribution in [0, 0.1) is 5.92 Å². The van der Waals surface area contributed by atoms with Gasteiger partial charge in [0.1, 0.15) is 16.8 Å². The fraction of sp³-hybridized carbons (Fsp3) is 0.529. The summed E-state index contributed by atoms with van der Waals surface area (Å²) >= 11 is 0. The first kappa shape index (κ1) is 16.3. The number of esters is 2. The van der Waals surface area contributed by atoms with E-state index in [2.05, 4.69) is 0 Å². The lowest BCUT2D eigenvalue weighted by atomic mass is 9.93. The largest absolute Gasteiger partial charge is 0.497 e. The summed E-state index contributed by atoms with van der Waals surface area (Å²) in [6, 6.07) is 7.16. The Hall–Kier alpha value is -2.04. The Bertz CT molecular complexity index is 587. The molecule has 0 spiro atoms. The Morgan fingerprint density at radius 2 is 1.91 bits per heavy atom. The lowest BCUT2D eigenvalue weighted by Crippen LogP contribution is -2.31. The fourth-order valence-corrected chi connectivity index (χ4v) is 2.67. The van der Waals surface area contributed by atoms with Crippen LogP contribution in [-0.4, -0.2) is 31.8 Å². The maximum atomic E-state index is 12.3. The van der Waals surface area contributed by atoms with E-state index in [0.717, 1.165) is 5.56 Å². The van der Waals surface area contributed by atoms with Crippen molar-refractivity contribution in [2.24, 2.45) is 5.92 Å². The van der Waals surface area contributed by atoms with Crippen molar-refractivity contribution in [1.29, 1.82) is 0 Å². The van der Waals surface area contributed by atoms with Gasteiger partial charge in [-0.15, -0.1) is 0 Å². The summed E-state index contributed by atoms with van der Waals surface area (Å²) in [6.07, 6.45) is 0.391. The minimum absolute atomic E-state index is 0.374. The van der Waals surface area contributed by atoms with Crippen LogP contribution in [0.2, 0.25) is 0 Å². The molecule has 0 amide bonds. The lowest BCUT2D eigenvalue weighted by Gasteiger charge is -2.21. The second kappa shape index (κ2) is 5.63. The summed E-state index contributed by atoms with van der Waals surface area (Å²) < 4.78 is 15.5. The van der Waals surface area contributed by atoms with E-state index >= 15 is 0 Å². The Balaban J connectivity index is 2.33. The molecule has 0 unspecified atom stereocenters. The molecular weight excluding hydrogens is 284 g/mol. The van der Waals surface area contributed by atoms with Crippen LogP contribution in [0.4, 0.5) is 0 Å². The molecule has 1 saturated carbocycles. The molecule has 1 aromatic carbocycles. The number of benzene rings is 1. The fourth-order valence-electron chi connectivity index (χ4n) is 2.67. The molecule has 5 nitrogen and oxygen atoms in total. The first-order chi connectivity index (χ1) is 10.2. The van der Waals surface area contributed by atoms with Gasteiger partial charge < -0.3 is 14.2 Å². The van der Waals surface area contributed by atoms with E-state index in [1.807, 2.05) is 6.07 Å². The van der Waals surface area contributed by atoms with E-state index in [-0.39, 0.29) is 5.97 Å². The van der Waals surface area contributed by atoms with Gasteiger partial charge in [-0.2, -0.15) is 0 Å². The molecule has 5 heteroatoms. The van der Waals surface area contributed by atoms with Crippen LogP contribution in [-0.2, 0) is 24.5 Å². The molecular formula is C17H22O5. The van der Waals surface area contributed by atoms with Crippen LogP contribution >= 0.6 is 0 Å². The topological polar surface area (TPSA) is 61.8 Å². The van der Waals surface area contributed by atoms with Crippen molar-refractivity contribution < 1.29 is 23.8 Å². The van der Waals surface area contributed by atoms with Gasteiger partial charge in [-0.05, 0) is 44.9 Å². The minimum atomic E-state index is -0.967. The van der Waals surface area contributed by atoms with Gasteiger partial charge in [-0.25, -0.2) is 0 Å². The van der Waals surface area contributed by atoms with Gasteiger partial charge in [0.15, 0.2) is 0 Å². The molecule has 0 N–H and O–H groups in total. The van der Waals surface area contributed by atoms with Crippen LogP contribution < -0.4 is 4.74 Å². The highest BCUT2D eigenvalue weighted by atomic mass is 16.6. The number of methoxy groups -OCH3 is 2. The van der Waals surface area contributed by atoms with Gasteiger partial charge in [0, 0.05) is 0 Å². The molecule has 1 aliphatic carbocycles. The molecule has 0 radical (unpaired) electrons. The standard InChI is InChI=1S/C17H22O5/c1-16(2,3)22-14(18)13-10-17(13,15(19)21-5)11-7-6-8-12(9-11)20-4/h6-9,13H,10H2,1-5H3/t13-,17-/m0/s1. The third kappa shape index (κ3) is 2.93. The summed E-state index contributed by atoms with van der Waals surface area (Å²) in [5.41, 5.74) is -0.837. The van der Waals surface area contributed by atoms with E-state index in [4.69, 9.17) is 14.2 Å². The molecule has 0 aliphatic heterocycles. The average molecular weight is 306 g/mol. The third-order valence-corrected chi connectivity index (χ3v) is 3.79. The van der Waals surface area contributed by atoms with Crippen LogP contribution in [0.5, 0.6) is 5.75 Å². The highest BCUT2D eigenvalue weighted by molar-refractivity contribution is 5.96. The van der Waals surface area contributed by atoms with Gasteiger partial charge >= 0.3 is 11.9 Å². The van der Waals surface area contributed by atoms with Crippen molar-refractivity contribution >= 4 is 11.9 Å². The normalized spacial score (nSPS) is 23.6. The first-order valence-corrected chi connectivity index (χ1v) is 7.20. The van der Waals surface area contributed by atoms with Gasteiger partial charge in [0.2, 0.25) is 0 Å². The molecule has 0 bridgehead atoms. The zero-order valence-electron chi connectivity index (χ0n) is 13.6. The van der Waals surface area contributed by atoms with E-state index in [1.54, 1.807) is 46.1 Å². The number of rotatable bonds is 4. The third-order valence-electron chi connectivity index (χ3n) is 3.79. The van der Waals surface area contributed by atoms with Gasteiger partial charge in [0.25, 0.3) is 0 Å². The van der Waals surface area contributed by atoms with Crippen LogP contribution in [0.1, 0.15) is 32.8 Å². The van der Waals surface area contributed by atoms with Gasteiger partial charge in [0.05, 0.1) is 20.1 Å². The van der Waals surface area contributed by atoms with Gasteiger partial charge in [-0.1, -0.05) is 12.1 Å². The SMILES string of the molecule is COC(=O)[C@]1(c2cccc(OC)c2)C[C@H]1C(=O)OC(C)(C)C. The number of hydrogen-bond acceptors (Lipinski definition) is 5. The summed E-state index contributed by atoms with van der Waals surface area (Å²) in [5.74, 6) is -0.681. The molecule has 22 heavy (non-hydrogen) atoms. The van der Waals surface area contributed by atoms with Crippen molar-refractivity contribution in [3.05, 3.63) is 29.8 Å². The molecule has 1 aliphatic rings. The Morgan fingerprint density at radius 3 is 2.45 bits per heavy atom. The molecule has 2 atom stereocenters. The molecule has 2 rings (SSSR count). The van der Waals surface area contributed by atoms with Crippen molar-refractivity contribution in [2.75, 3.05) is 14.2 Å². The zero-order valence-corrected chi connectivity index (χ0v) is 13.6. The van der Waals surface area contributed by atoms with Crippen molar-refractivity contribution in [3.63, 3.8) is 0 Å². The smallest absolute Gasteiger partial charge is 0.317 e. The molecule has 1 aromatic rings. The van der Waals surface area contributed by atoms with Crippen LogP contribution in [0.25, 0.3) is 0 Å². The zero-order chi connectivity index (χ0) is 16.5. The van der Waals surface area contributed by atoms with Crippen LogP contribution in [0.15, 0.2) is 24.3 Å². The first-order valence-electron chi connectivity index (χ1n) is 7.20. The minimum Gasteiger partial charge on any atom is -0.497 e. The quantitative estimate of drug-likeness (QED) is 0.800. The monoisotopic (exact) mass is 306 g/mol. The highest BCUT2D eigenvalue weighted by Gasteiger charge is 2.67. The van der Waals surface area contributed by atoms with E-state index in [0.29, 0.717) is 12.2 Å². The van der Waals surface area contributed by atoms with Crippen molar-refractivity contribution in [1.82, 2.24) is 0 Å². The number of carbonyl (C=O) groups excluding carboxylic acids is 2. The Morgan fingerprint density at radius 1 is 1.23 bits per heavy atom. The number of ether oxygens (including phenoxy) is 3. The predicted molar refractivity (Wildman–Crippen MR) is 80.6 cm³/mol. The molecule has 1 fully saturated rings. The maximum Gasteiger partial charge on any atom is 0.317 e. The summed E-state index contributed by atoms with van der Waals surface area (Å²) in [7, 11) is 2.89. The Kier molecular flexibility index (Phi) is 4.18. The summed E-state index contributed by atoms with van der Waals surface area (Å²) in [4.78, 5) is 24.6. The van der Waals surface area contributed by atoms with Crippen molar-refractivity contribution in [3.8, 4) is 5.75 Å². The second-order valence-electron chi connectivity index (χ2n) is 6.49. The molecule has 0 aromatic heterocycles. The number of carbonyl (C=O) groups is 2. The average Bonchev–Trinajstić information content (AvgIpc) is 3.22. The van der Waals surface area contributed by atoms with Crippen LogP contribution in [0.3, 0.4) is 0 Å². The van der Waals surface area contributed by atoms with Gasteiger partial charge in [-0.3, -0.25) is 9.59 Å². The summed E-state index contributed by atoms with van der Waals surface area (Å²) in [5, 5.41) is 0. The molecule has 0 saturated heterocycles. The Labute approximate surface area is 130 Å². The van der Waals surface area contributed by atoms with Crippen molar-refractivity contribution in [2.45, 2.75) is 38.2 Å². The highest BCUT2D eigenvalue weighted by Crippen LogP contribution is 2.56. The predicted octanol–water partition coefficient (Wildman–Crippen LogP) is 2.47. The number of hydrogen-bond donors (Lipinski definition) is 0. The summed E-state index contributed by atoms with van der Waals surface area (Å²) in [6.45, 7) is 5.41. The van der Waals surface area contributed by atoms with E-state index in [1.165, 1.54) is 7.11 Å². The molecule has 0 heterocycles. The lowest BCUT2D eigenvalue weighted by molar-refractivity contribution is -0.159. The second-order valence-corrected chi connectivity index (χ2v) is 6.49. The molecule has 120 valence electrons. The van der Waals surface area contributed by atoms with E-state index < -0.39 is 22.9 Å².